The molecular weight excluding hydrogens is 190 g/mol. The first-order valence-electron chi connectivity index (χ1n) is 4.81. The van der Waals surface area contributed by atoms with E-state index in [0.29, 0.717) is 17.9 Å². The summed E-state index contributed by atoms with van der Waals surface area (Å²) in [5.74, 6) is 0.475. The predicted octanol–water partition coefficient (Wildman–Crippen LogP) is 2.00. The van der Waals surface area contributed by atoms with E-state index in [9.17, 15) is 4.79 Å². The van der Waals surface area contributed by atoms with Crippen LogP contribution in [0.4, 0.5) is 0 Å². The van der Waals surface area contributed by atoms with E-state index in [-0.39, 0.29) is 5.91 Å². The highest BCUT2D eigenvalue weighted by Crippen LogP contribution is 2.16. The highest BCUT2D eigenvalue weighted by Gasteiger charge is 2.09. The predicted molar refractivity (Wildman–Crippen MR) is 60.1 cm³/mol. The van der Waals surface area contributed by atoms with Crippen LogP contribution in [0.1, 0.15) is 16.8 Å². The molecule has 1 rings (SSSR count). The number of rotatable bonds is 5. The molecule has 0 aliphatic carbocycles. The van der Waals surface area contributed by atoms with Crippen molar-refractivity contribution in [2.45, 2.75) is 6.42 Å². The van der Waals surface area contributed by atoms with Crippen molar-refractivity contribution in [3.05, 3.63) is 42.5 Å². The normalized spacial score (nSPS) is 9.40. The molecule has 0 aliphatic rings. The first-order chi connectivity index (χ1) is 7.29. The van der Waals surface area contributed by atoms with Gasteiger partial charge in [0.2, 0.25) is 0 Å². The van der Waals surface area contributed by atoms with E-state index in [0.717, 1.165) is 6.42 Å². The minimum atomic E-state index is -0.116. The topological polar surface area (TPSA) is 38.3 Å². The van der Waals surface area contributed by atoms with Crippen LogP contribution in [0, 0.1) is 0 Å². The molecule has 0 heterocycles. The van der Waals surface area contributed by atoms with Gasteiger partial charge in [-0.15, -0.1) is 6.58 Å². The van der Waals surface area contributed by atoms with Gasteiger partial charge in [0.15, 0.2) is 0 Å². The van der Waals surface area contributed by atoms with Gasteiger partial charge in [0.25, 0.3) is 5.91 Å². The number of hydrogen-bond donors (Lipinski definition) is 1. The Morgan fingerprint density at radius 2 is 2.27 bits per heavy atom. The first kappa shape index (κ1) is 11.3. The van der Waals surface area contributed by atoms with Gasteiger partial charge in [-0.1, -0.05) is 18.2 Å². The lowest BCUT2D eigenvalue weighted by molar-refractivity contribution is 0.0951. The standard InChI is InChI=1S/C12H15NO2/c1-3-4-9-13-12(14)10-7-5-6-8-11(10)15-2/h3,5-8H,1,4,9H2,2H3,(H,13,14). The van der Waals surface area contributed by atoms with E-state index in [4.69, 9.17) is 4.74 Å². The van der Waals surface area contributed by atoms with Crippen LogP contribution < -0.4 is 10.1 Å². The van der Waals surface area contributed by atoms with Crippen LogP contribution in [0.15, 0.2) is 36.9 Å². The molecule has 0 saturated heterocycles. The maximum atomic E-state index is 11.7. The number of benzene rings is 1. The Balaban J connectivity index is 2.68. The first-order valence-corrected chi connectivity index (χ1v) is 4.81. The number of ether oxygens (including phenoxy) is 1. The molecule has 0 fully saturated rings. The molecule has 1 N–H and O–H groups in total. The van der Waals surface area contributed by atoms with Crippen LogP contribution in [0.2, 0.25) is 0 Å². The van der Waals surface area contributed by atoms with E-state index in [1.54, 1.807) is 25.3 Å². The smallest absolute Gasteiger partial charge is 0.255 e. The van der Waals surface area contributed by atoms with Gasteiger partial charge in [-0.05, 0) is 18.6 Å². The molecular formula is C12H15NO2. The van der Waals surface area contributed by atoms with E-state index in [2.05, 4.69) is 11.9 Å². The second kappa shape index (κ2) is 5.86. The summed E-state index contributed by atoms with van der Waals surface area (Å²) < 4.78 is 5.09. The van der Waals surface area contributed by atoms with Gasteiger partial charge < -0.3 is 10.1 Å². The van der Waals surface area contributed by atoms with Crippen molar-refractivity contribution in [2.75, 3.05) is 13.7 Å². The Hall–Kier alpha value is -1.77. The van der Waals surface area contributed by atoms with Crippen molar-refractivity contribution in [1.29, 1.82) is 0 Å². The number of amides is 1. The van der Waals surface area contributed by atoms with E-state index in [1.165, 1.54) is 0 Å². The zero-order chi connectivity index (χ0) is 11.1. The Morgan fingerprint density at radius 3 is 2.93 bits per heavy atom. The summed E-state index contributed by atoms with van der Waals surface area (Å²) in [7, 11) is 1.55. The molecule has 1 aromatic carbocycles. The van der Waals surface area contributed by atoms with Crippen molar-refractivity contribution in [2.24, 2.45) is 0 Å². The summed E-state index contributed by atoms with van der Waals surface area (Å²) in [6, 6.07) is 7.15. The summed E-state index contributed by atoms with van der Waals surface area (Å²) in [5, 5.41) is 2.78. The zero-order valence-electron chi connectivity index (χ0n) is 8.82. The van der Waals surface area contributed by atoms with Gasteiger partial charge in [0.1, 0.15) is 5.75 Å². The summed E-state index contributed by atoms with van der Waals surface area (Å²) >= 11 is 0. The van der Waals surface area contributed by atoms with Gasteiger partial charge >= 0.3 is 0 Å². The van der Waals surface area contributed by atoms with Gasteiger partial charge in [-0.3, -0.25) is 4.79 Å². The fourth-order valence-electron chi connectivity index (χ4n) is 1.22. The monoisotopic (exact) mass is 205 g/mol. The van der Waals surface area contributed by atoms with Gasteiger partial charge in [0.05, 0.1) is 12.7 Å². The third-order valence-electron chi connectivity index (χ3n) is 1.99. The molecule has 3 heteroatoms. The Bertz CT molecular complexity index is 347. The average Bonchev–Trinajstić information content (AvgIpc) is 2.29. The molecule has 80 valence electrons. The SMILES string of the molecule is C=CCCNC(=O)c1ccccc1OC. The minimum absolute atomic E-state index is 0.116. The highest BCUT2D eigenvalue weighted by molar-refractivity contribution is 5.96. The summed E-state index contributed by atoms with van der Waals surface area (Å²) in [6.07, 6.45) is 2.53. The summed E-state index contributed by atoms with van der Waals surface area (Å²) in [6.45, 7) is 4.19. The molecule has 1 aromatic rings. The molecule has 0 aliphatic heterocycles. The number of carbonyl (C=O) groups excluding carboxylic acids is 1. The largest absolute Gasteiger partial charge is 0.496 e. The lowest BCUT2D eigenvalue weighted by Gasteiger charge is -2.07. The Labute approximate surface area is 89.8 Å². The van der Waals surface area contributed by atoms with E-state index < -0.39 is 0 Å². The molecule has 0 aromatic heterocycles. The second-order valence-corrected chi connectivity index (χ2v) is 3.03. The molecule has 0 atom stereocenters. The highest BCUT2D eigenvalue weighted by atomic mass is 16.5. The van der Waals surface area contributed by atoms with Crippen molar-refractivity contribution >= 4 is 5.91 Å². The van der Waals surface area contributed by atoms with Gasteiger partial charge in [-0.2, -0.15) is 0 Å². The molecule has 3 nitrogen and oxygen atoms in total. The number of carbonyl (C=O) groups is 1. The van der Waals surface area contributed by atoms with Crippen molar-refractivity contribution in [3.8, 4) is 5.75 Å². The van der Waals surface area contributed by atoms with Gasteiger partial charge in [0, 0.05) is 6.54 Å². The van der Waals surface area contributed by atoms with Crippen LogP contribution in [-0.4, -0.2) is 19.6 Å². The zero-order valence-corrected chi connectivity index (χ0v) is 8.82. The Morgan fingerprint density at radius 1 is 1.53 bits per heavy atom. The average molecular weight is 205 g/mol. The van der Waals surface area contributed by atoms with Crippen molar-refractivity contribution < 1.29 is 9.53 Å². The van der Waals surface area contributed by atoms with Crippen molar-refractivity contribution in [3.63, 3.8) is 0 Å². The van der Waals surface area contributed by atoms with Crippen LogP contribution in [-0.2, 0) is 0 Å². The van der Waals surface area contributed by atoms with Crippen molar-refractivity contribution in [1.82, 2.24) is 5.32 Å². The molecule has 0 bridgehead atoms. The maximum absolute atomic E-state index is 11.7. The molecule has 0 saturated carbocycles. The number of para-hydroxylation sites is 1. The maximum Gasteiger partial charge on any atom is 0.255 e. The third kappa shape index (κ3) is 3.13. The Kier molecular flexibility index (Phi) is 4.41. The lowest BCUT2D eigenvalue weighted by Crippen LogP contribution is -2.24. The number of methoxy groups -OCH3 is 1. The lowest BCUT2D eigenvalue weighted by atomic mass is 10.2. The fraction of sp³-hybridized carbons (Fsp3) is 0.250. The fourth-order valence-corrected chi connectivity index (χ4v) is 1.22. The quantitative estimate of drug-likeness (QED) is 0.589. The summed E-state index contributed by atoms with van der Waals surface area (Å²) in [5.41, 5.74) is 0.559. The molecule has 0 radical (unpaired) electrons. The van der Waals surface area contributed by atoms with Gasteiger partial charge in [-0.25, -0.2) is 0 Å². The van der Waals surface area contributed by atoms with Crippen LogP contribution in [0.5, 0.6) is 5.75 Å². The van der Waals surface area contributed by atoms with Crippen LogP contribution >= 0.6 is 0 Å². The van der Waals surface area contributed by atoms with Crippen LogP contribution in [0.3, 0.4) is 0 Å². The van der Waals surface area contributed by atoms with E-state index in [1.807, 2.05) is 12.1 Å². The number of nitrogens with one attached hydrogen (secondary N) is 1. The molecule has 1 amide bonds. The van der Waals surface area contributed by atoms with E-state index >= 15 is 0 Å². The van der Waals surface area contributed by atoms with Crippen LogP contribution in [0.25, 0.3) is 0 Å². The second-order valence-electron chi connectivity index (χ2n) is 3.03. The molecule has 0 unspecified atom stereocenters. The molecule has 15 heavy (non-hydrogen) atoms. The minimum Gasteiger partial charge on any atom is -0.496 e. The number of hydrogen-bond acceptors (Lipinski definition) is 2. The summed E-state index contributed by atoms with van der Waals surface area (Å²) in [4.78, 5) is 11.7. The molecule has 0 spiro atoms. The third-order valence-corrected chi connectivity index (χ3v) is 1.99.